The van der Waals surface area contributed by atoms with Gasteiger partial charge < -0.3 is 39.9 Å². The van der Waals surface area contributed by atoms with E-state index in [1.54, 1.807) is 22.5 Å². The fourth-order valence-corrected chi connectivity index (χ4v) is 9.11. The number of hydrogen-bond donors (Lipinski definition) is 4. The highest BCUT2D eigenvalue weighted by Gasteiger charge is 2.60. The summed E-state index contributed by atoms with van der Waals surface area (Å²) in [7, 11) is 0. The molecule has 13 nitrogen and oxygen atoms in total. The number of thioether (sulfide) groups is 1. The Bertz CT molecular complexity index is 1800. The van der Waals surface area contributed by atoms with Crippen LogP contribution in [0.5, 0.6) is 0 Å². The van der Waals surface area contributed by atoms with Gasteiger partial charge in [0.1, 0.15) is 17.1 Å². The van der Waals surface area contributed by atoms with E-state index < -0.39 is 47.3 Å². The zero-order valence-corrected chi connectivity index (χ0v) is 26.7. The molecule has 5 aliphatic rings. The molecule has 4 fully saturated rings. The summed E-state index contributed by atoms with van der Waals surface area (Å²) in [5, 5.41) is 32.8. The number of β-lactam (4-membered cyclic amide) rings is 1. The standard InChI is InChI=1S/C32H36FN5O8S/c1-14-25-24(15(2)39)30(42)38(25)26(32(45)46)28(14)47-17-9-21(34-12-17)29(41)36-7-5-35(6-8-36)23-11-22-18(10-20(23)33)27(40)19(31(43)44)13-37(22)16-3-4-16/h10-11,13-17,21,24-25,34,39H,3-9,12H2,1-2H3,(H,43,44)(H,45,46)/t14-,15-,17+,21+,24-,25-/m1/s1. The minimum atomic E-state index is -1.35. The SMILES string of the molecule is C[C@@H](O)[C@H]1C(=O)N2C(C(=O)O)=C(S[C@@H]3CN[C@H](C(=O)N4CCN(c5cc6c(cc5F)c(=O)c(C(=O)O)cn6C5CC5)CC4)C3)[C@H](C)[C@H]12. The van der Waals surface area contributed by atoms with Crippen molar-refractivity contribution in [2.45, 2.75) is 62.6 Å². The predicted octanol–water partition coefficient (Wildman–Crippen LogP) is 1.44. The van der Waals surface area contributed by atoms with Crippen molar-refractivity contribution >= 4 is 52.1 Å². The highest BCUT2D eigenvalue weighted by atomic mass is 32.2. The highest BCUT2D eigenvalue weighted by molar-refractivity contribution is 8.03. The third-order valence-corrected chi connectivity index (χ3v) is 11.7. The summed E-state index contributed by atoms with van der Waals surface area (Å²) in [6.07, 6.45) is 2.64. The molecule has 0 radical (unpaired) electrons. The van der Waals surface area contributed by atoms with Gasteiger partial charge in [0.25, 0.3) is 0 Å². The topological polar surface area (TPSA) is 173 Å². The Morgan fingerprint density at radius 1 is 1.06 bits per heavy atom. The largest absolute Gasteiger partial charge is 0.477 e. The number of anilines is 1. The molecule has 4 N–H and O–H groups in total. The monoisotopic (exact) mass is 669 g/mol. The van der Waals surface area contributed by atoms with Gasteiger partial charge in [-0.05, 0) is 38.3 Å². The number of carbonyl (C=O) groups excluding carboxylic acids is 2. The predicted molar refractivity (Wildman–Crippen MR) is 170 cm³/mol. The summed E-state index contributed by atoms with van der Waals surface area (Å²) in [5.41, 5.74) is -0.342. The second-order valence-corrected chi connectivity index (χ2v) is 14.5. The van der Waals surface area contributed by atoms with Crippen LogP contribution in [0.15, 0.2) is 33.7 Å². The molecule has 0 spiro atoms. The molecule has 2 aromatic rings. The van der Waals surface area contributed by atoms with Crippen LogP contribution in [0.3, 0.4) is 0 Å². The summed E-state index contributed by atoms with van der Waals surface area (Å²) in [6, 6.07) is 1.93. The number of benzene rings is 1. The Morgan fingerprint density at radius 3 is 2.38 bits per heavy atom. The number of hydrogen-bond acceptors (Lipinski definition) is 9. The molecule has 0 bridgehead atoms. The summed E-state index contributed by atoms with van der Waals surface area (Å²) in [4.78, 5) is 68.3. The van der Waals surface area contributed by atoms with Gasteiger partial charge in [0.15, 0.2) is 0 Å². The van der Waals surface area contributed by atoms with E-state index in [0.717, 1.165) is 18.9 Å². The van der Waals surface area contributed by atoms with Crippen LogP contribution < -0.4 is 15.6 Å². The maximum Gasteiger partial charge on any atom is 0.353 e. The lowest BCUT2D eigenvalue weighted by molar-refractivity contribution is -0.163. The number of carboxylic acids is 2. The number of aliphatic hydroxyl groups excluding tert-OH is 1. The third kappa shape index (κ3) is 5.19. The van der Waals surface area contributed by atoms with Crippen LogP contribution >= 0.6 is 11.8 Å². The Labute approximate surface area is 273 Å². The van der Waals surface area contributed by atoms with Crippen molar-refractivity contribution in [2.75, 3.05) is 37.6 Å². The van der Waals surface area contributed by atoms with Gasteiger partial charge in [0.2, 0.25) is 17.2 Å². The number of pyridine rings is 1. The summed E-state index contributed by atoms with van der Waals surface area (Å²) < 4.78 is 17.2. The number of aliphatic carboxylic acids is 1. The average Bonchev–Trinajstić information content (AvgIpc) is 3.71. The minimum Gasteiger partial charge on any atom is -0.477 e. The van der Waals surface area contributed by atoms with Crippen molar-refractivity contribution in [1.29, 1.82) is 0 Å². The molecule has 7 rings (SSSR count). The van der Waals surface area contributed by atoms with Crippen molar-refractivity contribution in [3.63, 3.8) is 0 Å². The van der Waals surface area contributed by atoms with E-state index in [0.29, 0.717) is 55.3 Å². The van der Waals surface area contributed by atoms with Crippen molar-refractivity contribution < 1.29 is 38.9 Å². The molecule has 6 atom stereocenters. The maximum atomic E-state index is 15.4. The lowest BCUT2D eigenvalue weighted by Crippen LogP contribution is -2.63. The molecular formula is C32H36FN5O8S. The zero-order valence-electron chi connectivity index (χ0n) is 25.9. The van der Waals surface area contributed by atoms with E-state index in [4.69, 9.17) is 0 Å². The van der Waals surface area contributed by atoms with Crippen LogP contribution in [0.4, 0.5) is 10.1 Å². The number of nitrogens with one attached hydrogen (secondary N) is 1. The zero-order chi connectivity index (χ0) is 33.5. The highest BCUT2D eigenvalue weighted by Crippen LogP contribution is 2.52. The Kier molecular flexibility index (Phi) is 7.83. The summed E-state index contributed by atoms with van der Waals surface area (Å²) in [6.45, 7) is 5.33. The number of aliphatic hydroxyl groups is 1. The smallest absolute Gasteiger partial charge is 0.353 e. The quantitative estimate of drug-likeness (QED) is 0.300. The molecule has 1 aromatic carbocycles. The molecule has 3 saturated heterocycles. The van der Waals surface area contributed by atoms with E-state index in [1.165, 1.54) is 22.9 Å². The van der Waals surface area contributed by atoms with E-state index in [1.807, 2.05) is 11.8 Å². The van der Waals surface area contributed by atoms with E-state index in [2.05, 4.69) is 5.32 Å². The molecule has 47 heavy (non-hydrogen) atoms. The number of carboxylic acid groups (broad SMARTS) is 2. The molecule has 1 aromatic heterocycles. The molecule has 4 aliphatic heterocycles. The van der Waals surface area contributed by atoms with Crippen LogP contribution in [-0.2, 0) is 14.4 Å². The number of aromatic nitrogens is 1. The Hall–Kier alpha value is -3.95. The normalized spacial score (nSPS) is 28.1. The van der Waals surface area contributed by atoms with Gasteiger partial charge in [0, 0.05) is 66.4 Å². The van der Waals surface area contributed by atoms with Crippen molar-refractivity contribution in [3.8, 4) is 0 Å². The van der Waals surface area contributed by atoms with Crippen LogP contribution in [0.25, 0.3) is 10.9 Å². The number of rotatable bonds is 8. The molecule has 15 heteroatoms. The number of aromatic carboxylic acids is 1. The van der Waals surface area contributed by atoms with Gasteiger partial charge in [0.05, 0.1) is 35.3 Å². The van der Waals surface area contributed by atoms with Crippen LogP contribution in [-0.4, -0.2) is 110 Å². The number of amides is 2. The lowest BCUT2D eigenvalue weighted by atomic mass is 9.79. The van der Waals surface area contributed by atoms with Crippen molar-refractivity contribution in [3.05, 3.63) is 50.5 Å². The fourth-order valence-electron chi connectivity index (χ4n) is 7.64. The Balaban J connectivity index is 1.01. The molecular weight excluding hydrogens is 633 g/mol. The van der Waals surface area contributed by atoms with E-state index >= 15 is 4.39 Å². The average molecular weight is 670 g/mol. The lowest BCUT2D eigenvalue weighted by Gasteiger charge is -2.46. The molecule has 0 unspecified atom stereocenters. The first-order valence-electron chi connectivity index (χ1n) is 15.9. The van der Waals surface area contributed by atoms with Crippen LogP contribution in [0.1, 0.15) is 49.5 Å². The second kappa shape index (κ2) is 11.6. The number of carbonyl (C=O) groups is 4. The van der Waals surface area contributed by atoms with Crippen LogP contribution in [0.2, 0.25) is 0 Å². The Morgan fingerprint density at radius 2 is 1.77 bits per heavy atom. The first-order valence-corrected chi connectivity index (χ1v) is 16.8. The first kappa shape index (κ1) is 31.6. The molecule has 1 saturated carbocycles. The number of fused-ring (bicyclic) bond motifs is 2. The van der Waals surface area contributed by atoms with E-state index in [9.17, 15) is 39.3 Å². The van der Waals surface area contributed by atoms with Gasteiger partial charge in [-0.25, -0.2) is 14.0 Å². The van der Waals surface area contributed by atoms with Gasteiger partial charge in [-0.15, -0.1) is 11.8 Å². The van der Waals surface area contributed by atoms with Crippen molar-refractivity contribution in [1.82, 2.24) is 19.7 Å². The maximum absolute atomic E-state index is 15.4. The minimum absolute atomic E-state index is 0.0299. The molecule has 1 aliphatic carbocycles. The molecule has 2 amide bonds. The van der Waals surface area contributed by atoms with Crippen molar-refractivity contribution in [2.24, 2.45) is 11.8 Å². The molecule has 5 heterocycles. The van der Waals surface area contributed by atoms with Gasteiger partial charge in [-0.1, -0.05) is 6.92 Å². The fraction of sp³-hybridized carbons (Fsp3) is 0.531. The van der Waals surface area contributed by atoms with Gasteiger partial charge in [-0.2, -0.15) is 0 Å². The first-order chi connectivity index (χ1) is 22.4. The number of halogens is 1. The van der Waals surface area contributed by atoms with Gasteiger partial charge >= 0.3 is 11.9 Å². The second-order valence-electron chi connectivity index (χ2n) is 13.2. The van der Waals surface area contributed by atoms with Crippen LogP contribution in [0, 0.1) is 17.7 Å². The summed E-state index contributed by atoms with van der Waals surface area (Å²) >= 11 is 1.38. The molecule has 250 valence electrons. The number of nitrogens with zero attached hydrogens (tertiary/aromatic N) is 4. The summed E-state index contributed by atoms with van der Waals surface area (Å²) in [5.74, 6) is -4.51. The van der Waals surface area contributed by atoms with Gasteiger partial charge in [-0.3, -0.25) is 14.4 Å². The third-order valence-electron chi connectivity index (χ3n) is 10.2. The van der Waals surface area contributed by atoms with E-state index in [-0.39, 0.29) is 45.7 Å². The number of piperazine rings is 1.